The Hall–Kier alpha value is -6.66. The van der Waals surface area contributed by atoms with Crippen LogP contribution in [0.2, 0.25) is 0 Å². The number of phenols is 1. The maximum atomic E-state index is 14.1. The van der Waals surface area contributed by atoms with Crippen LogP contribution in [0, 0.1) is 5.92 Å². The van der Waals surface area contributed by atoms with Gasteiger partial charge in [0.1, 0.15) is 36.0 Å². The van der Waals surface area contributed by atoms with Gasteiger partial charge in [0, 0.05) is 42.9 Å². The fourth-order valence-electron chi connectivity index (χ4n) is 6.46. The first-order valence-electron chi connectivity index (χ1n) is 19.0. The van der Waals surface area contributed by atoms with Crippen LogP contribution in [0.5, 0.6) is 5.75 Å². The van der Waals surface area contributed by atoms with Crippen LogP contribution in [0.25, 0.3) is 10.9 Å². The molecule has 2 heterocycles. The van der Waals surface area contributed by atoms with Gasteiger partial charge in [-0.05, 0) is 60.9 Å². The molecule has 7 amide bonds. The molecule has 58 heavy (non-hydrogen) atoms. The van der Waals surface area contributed by atoms with E-state index in [2.05, 4.69) is 41.9 Å². The minimum absolute atomic E-state index is 0.0114. The summed E-state index contributed by atoms with van der Waals surface area (Å²) >= 11 is 0. The van der Waals surface area contributed by atoms with Gasteiger partial charge < -0.3 is 59.2 Å². The van der Waals surface area contributed by atoms with Crippen LogP contribution in [0.1, 0.15) is 57.1 Å². The first-order chi connectivity index (χ1) is 27.6. The Morgan fingerprint density at radius 2 is 1.33 bits per heavy atom. The number of aromatic hydroxyl groups is 1. The average molecular weight is 804 g/mol. The van der Waals surface area contributed by atoms with Gasteiger partial charge in [0.15, 0.2) is 5.96 Å². The van der Waals surface area contributed by atoms with E-state index in [9.17, 15) is 38.7 Å². The lowest BCUT2D eigenvalue weighted by atomic mass is 10.00. The first-order valence-corrected chi connectivity index (χ1v) is 19.0. The molecule has 1 aromatic heterocycles. The second-order valence-corrected chi connectivity index (χ2v) is 14.6. The van der Waals surface area contributed by atoms with E-state index in [0.717, 1.165) is 10.9 Å². The molecule has 0 saturated carbocycles. The van der Waals surface area contributed by atoms with Gasteiger partial charge in [-0.2, -0.15) is 0 Å². The van der Waals surface area contributed by atoms with Gasteiger partial charge in [0.2, 0.25) is 41.4 Å². The van der Waals surface area contributed by atoms with Gasteiger partial charge in [-0.1, -0.05) is 44.2 Å². The minimum Gasteiger partial charge on any atom is -0.508 e. The van der Waals surface area contributed by atoms with Crippen LogP contribution in [0.4, 0.5) is 0 Å². The van der Waals surface area contributed by atoms with Crippen LogP contribution in [-0.2, 0) is 46.4 Å². The molecule has 312 valence electrons. The SMILES string of the molecule is CC(C)CC1NC(=O)C(CCC(N)=O)NC(=O)C(Cc2ccc(O)cc2)NC(=O)CNC(=O)C(Cc2c[nH]c3ccccc23)NC(=O)C(CCCN=C(N)N)NC1=O. The molecule has 2 aromatic carbocycles. The zero-order valence-corrected chi connectivity index (χ0v) is 32.5. The normalized spacial score (nSPS) is 21.4. The summed E-state index contributed by atoms with van der Waals surface area (Å²) in [4.78, 5) is 102. The highest BCUT2D eigenvalue weighted by Gasteiger charge is 2.34. The van der Waals surface area contributed by atoms with Crippen molar-refractivity contribution in [1.82, 2.24) is 36.9 Å². The molecule has 1 fully saturated rings. The van der Waals surface area contributed by atoms with Gasteiger partial charge >= 0.3 is 0 Å². The highest BCUT2D eigenvalue weighted by atomic mass is 16.3. The van der Waals surface area contributed by atoms with E-state index >= 15 is 0 Å². The van der Waals surface area contributed by atoms with Crippen molar-refractivity contribution < 1.29 is 38.7 Å². The van der Waals surface area contributed by atoms with Crippen molar-refractivity contribution in [3.63, 3.8) is 0 Å². The monoisotopic (exact) mass is 803 g/mol. The van der Waals surface area contributed by atoms with E-state index < -0.39 is 78.1 Å². The lowest BCUT2D eigenvalue weighted by molar-refractivity contribution is -0.136. The Kier molecular flexibility index (Phi) is 16.0. The number of phenolic OH excluding ortho intramolecular Hbond substituents is 1. The van der Waals surface area contributed by atoms with E-state index in [1.165, 1.54) is 12.1 Å². The van der Waals surface area contributed by atoms with Crippen molar-refractivity contribution in [3.8, 4) is 5.75 Å². The zero-order valence-electron chi connectivity index (χ0n) is 32.5. The zero-order chi connectivity index (χ0) is 42.4. The highest BCUT2D eigenvalue weighted by Crippen LogP contribution is 2.20. The summed E-state index contributed by atoms with van der Waals surface area (Å²) in [5, 5.41) is 26.5. The quantitative estimate of drug-likeness (QED) is 0.0544. The molecule has 1 saturated heterocycles. The number of nitrogens with one attached hydrogen (secondary N) is 7. The number of aromatic amines is 1. The number of amides is 7. The van der Waals surface area contributed by atoms with E-state index in [0.29, 0.717) is 11.1 Å². The number of nitrogens with zero attached hydrogens (tertiary/aromatic N) is 1. The molecule has 0 bridgehead atoms. The summed E-state index contributed by atoms with van der Waals surface area (Å²) in [6, 6.07) is 6.85. The average Bonchev–Trinajstić information content (AvgIpc) is 3.58. The number of rotatable bonds is 13. The minimum atomic E-state index is -1.38. The molecule has 1 aliphatic heterocycles. The van der Waals surface area contributed by atoms with Gasteiger partial charge in [-0.25, -0.2) is 0 Å². The first kappa shape index (κ1) is 44.1. The maximum Gasteiger partial charge on any atom is 0.243 e. The summed E-state index contributed by atoms with van der Waals surface area (Å²) in [6.45, 7) is 3.15. The van der Waals surface area contributed by atoms with Crippen molar-refractivity contribution in [2.45, 2.75) is 89.0 Å². The summed E-state index contributed by atoms with van der Waals surface area (Å²) in [5.74, 6) is -5.65. The number of fused-ring (bicyclic) bond motifs is 1. The molecule has 0 radical (unpaired) electrons. The summed E-state index contributed by atoms with van der Waals surface area (Å²) in [7, 11) is 0. The van der Waals surface area contributed by atoms with E-state index in [1.54, 1.807) is 18.3 Å². The van der Waals surface area contributed by atoms with Crippen molar-refractivity contribution in [1.29, 1.82) is 0 Å². The van der Waals surface area contributed by atoms with Crippen molar-refractivity contribution in [2.75, 3.05) is 13.1 Å². The number of carbonyl (C=O) groups excluding carboxylic acids is 7. The fourth-order valence-corrected chi connectivity index (χ4v) is 6.46. The number of carbonyl (C=O) groups is 7. The van der Waals surface area contributed by atoms with Crippen molar-refractivity contribution in [2.24, 2.45) is 28.1 Å². The molecular weight excluding hydrogens is 750 g/mol. The number of guanidine groups is 1. The number of H-pyrrole nitrogens is 1. The van der Waals surface area contributed by atoms with Crippen LogP contribution in [0.15, 0.2) is 59.7 Å². The predicted octanol–water partition coefficient (Wildman–Crippen LogP) is -1.42. The van der Waals surface area contributed by atoms with Crippen LogP contribution in [-0.4, -0.2) is 101 Å². The van der Waals surface area contributed by atoms with Crippen molar-refractivity contribution >= 4 is 58.2 Å². The number of hydrogen-bond donors (Lipinski definition) is 11. The van der Waals surface area contributed by atoms with Crippen LogP contribution in [0.3, 0.4) is 0 Å². The second-order valence-electron chi connectivity index (χ2n) is 14.6. The van der Waals surface area contributed by atoms with E-state index in [-0.39, 0.29) is 69.1 Å². The Labute approximate surface area is 335 Å². The third-order valence-corrected chi connectivity index (χ3v) is 9.41. The summed E-state index contributed by atoms with van der Waals surface area (Å²) < 4.78 is 0. The van der Waals surface area contributed by atoms with E-state index in [4.69, 9.17) is 17.2 Å². The third kappa shape index (κ3) is 13.5. The summed E-state index contributed by atoms with van der Waals surface area (Å²) in [5.41, 5.74) is 18.4. The Balaban J connectivity index is 1.73. The molecule has 1 aliphatic rings. The predicted molar refractivity (Wildman–Crippen MR) is 214 cm³/mol. The topological polar surface area (TPSA) is 318 Å². The number of aliphatic imine (C=N–C) groups is 1. The van der Waals surface area contributed by atoms with Crippen molar-refractivity contribution in [3.05, 3.63) is 65.9 Å². The largest absolute Gasteiger partial charge is 0.508 e. The molecule has 5 unspecified atom stereocenters. The van der Waals surface area contributed by atoms with Gasteiger partial charge in [-0.15, -0.1) is 0 Å². The maximum absolute atomic E-state index is 14.1. The number of aromatic nitrogens is 1. The molecule has 5 atom stereocenters. The summed E-state index contributed by atoms with van der Waals surface area (Å²) in [6.07, 6.45) is 1.43. The Morgan fingerprint density at radius 3 is 1.98 bits per heavy atom. The molecule has 19 nitrogen and oxygen atoms in total. The molecular formula is C39H53N11O8. The Bertz CT molecular complexity index is 1980. The molecule has 4 rings (SSSR count). The van der Waals surface area contributed by atoms with Gasteiger partial charge in [-0.3, -0.25) is 38.6 Å². The molecule has 0 aliphatic carbocycles. The number of primary amides is 1. The molecule has 19 heteroatoms. The Morgan fingerprint density at radius 1 is 0.741 bits per heavy atom. The molecule has 0 spiro atoms. The second kappa shape index (κ2) is 21.0. The third-order valence-electron chi connectivity index (χ3n) is 9.41. The smallest absolute Gasteiger partial charge is 0.243 e. The fraction of sp³-hybridized carbons (Fsp3) is 0.436. The highest BCUT2D eigenvalue weighted by molar-refractivity contribution is 5.98. The van der Waals surface area contributed by atoms with Gasteiger partial charge in [0.25, 0.3) is 0 Å². The van der Waals surface area contributed by atoms with Crippen LogP contribution < -0.4 is 49.1 Å². The molecule has 3 aromatic rings. The van der Waals surface area contributed by atoms with Crippen LogP contribution >= 0.6 is 0 Å². The lowest BCUT2D eigenvalue weighted by Crippen LogP contribution is -2.60. The number of nitrogens with two attached hydrogens (primary N) is 3. The molecule has 14 N–H and O–H groups in total. The van der Waals surface area contributed by atoms with E-state index in [1.807, 2.05) is 38.1 Å². The number of para-hydroxylation sites is 1. The lowest BCUT2D eigenvalue weighted by Gasteiger charge is -2.28. The number of benzene rings is 2. The number of hydrogen-bond acceptors (Lipinski definition) is 9. The van der Waals surface area contributed by atoms with Gasteiger partial charge in [0.05, 0.1) is 6.54 Å². The standard InChI is InChI=1S/C39H53N11O8/c1-21(2)16-29-37(57)47-27(8-5-15-43-39(41)42)35(55)50-31(18-23-19-44-26-7-4-3-6-25(23)26)34(54)45-20-33(53)46-30(17-22-9-11-24(51)12-10-22)38(58)48-28(36(56)49-29)13-14-32(40)52/h3-4,6-7,9-12,19,21,27-31,44,51H,5,8,13-18,20H2,1-2H3,(H2,40,52)(H,45,54)(H,46,53)(H,47,57)(H,48,58)(H,49,56)(H,50,55)(H4,41,42,43).